The monoisotopic (exact) mass is 1140 g/mol. The fourth-order valence-electron chi connectivity index (χ4n) is 10.4. The minimum atomic E-state index is -1.58. The van der Waals surface area contributed by atoms with Gasteiger partial charge in [0.05, 0.1) is 32.0 Å². The van der Waals surface area contributed by atoms with E-state index in [-0.39, 0.29) is 18.5 Å². The van der Waals surface area contributed by atoms with E-state index >= 15 is 0 Å². The Labute approximate surface area is 497 Å². The van der Waals surface area contributed by atoms with Gasteiger partial charge >= 0.3 is 5.97 Å². The maximum atomic E-state index is 13.0. The Kier molecular flexibility index (Phi) is 55.7. The lowest BCUT2D eigenvalue weighted by Crippen LogP contribution is -2.60. The summed E-state index contributed by atoms with van der Waals surface area (Å²) in [5, 5.41) is 54.2. The second-order valence-corrected chi connectivity index (χ2v) is 23.5. The molecule has 0 saturated carbocycles. The second-order valence-electron chi connectivity index (χ2n) is 23.5. The normalized spacial score (nSPS) is 18.6. The van der Waals surface area contributed by atoms with Crippen molar-refractivity contribution in [1.29, 1.82) is 0 Å². The van der Waals surface area contributed by atoms with Gasteiger partial charge in [-0.1, -0.05) is 254 Å². The Morgan fingerprint density at radius 3 is 1.32 bits per heavy atom. The number of aliphatic hydroxyl groups is 5. The van der Waals surface area contributed by atoms with Crippen molar-refractivity contribution in [3.63, 3.8) is 0 Å². The topological polar surface area (TPSA) is 175 Å². The van der Waals surface area contributed by atoms with E-state index in [1.54, 1.807) is 6.08 Å². The molecule has 0 radical (unpaired) electrons. The van der Waals surface area contributed by atoms with Crippen molar-refractivity contribution in [2.75, 3.05) is 19.8 Å². The van der Waals surface area contributed by atoms with E-state index in [1.165, 1.54) is 218 Å². The SMILES string of the molecule is CCCCC/C=C/CC/C=C/C(O)C(COC1OC(CO)C(O)C(O)C1O)NC(=O)CCCCCCCCCCCCCCCCC/C=C\C/C=C\CCCCCCCCCCCOC(=O)CCCCCCC/C=C\CCCCCC. The first-order valence-electron chi connectivity index (χ1n) is 34.1. The van der Waals surface area contributed by atoms with Gasteiger partial charge in [-0.2, -0.15) is 0 Å². The van der Waals surface area contributed by atoms with Crippen LogP contribution < -0.4 is 5.32 Å². The first-order chi connectivity index (χ1) is 39.7. The number of esters is 1. The quantitative estimate of drug-likeness (QED) is 0.0195. The molecular formula is C70H127NO10. The molecule has 11 heteroatoms. The number of carbonyl (C=O) groups is 2. The van der Waals surface area contributed by atoms with Crippen LogP contribution in [0.3, 0.4) is 0 Å². The lowest BCUT2D eigenvalue weighted by atomic mass is 9.99. The highest BCUT2D eigenvalue weighted by atomic mass is 16.7. The second kappa shape index (κ2) is 59.1. The number of amides is 1. The van der Waals surface area contributed by atoms with Crippen molar-refractivity contribution in [3.05, 3.63) is 60.8 Å². The molecule has 1 fully saturated rings. The number of unbranched alkanes of at least 4 members (excludes halogenated alkanes) is 37. The predicted molar refractivity (Wildman–Crippen MR) is 338 cm³/mol. The van der Waals surface area contributed by atoms with Gasteiger partial charge in [-0.15, -0.1) is 0 Å². The van der Waals surface area contributed by atoms with Gasteiger partial charge in [0.15, 0.2) is 6.29 Å². The minimum absolute atomic E-state index is 0.00474. The third kappa shape index (κ3) is 48.3. The van der Waals surface area contributed by atoms with E-state index in [2.05, 4.69) is 67.8 Å². The highest BCUT2D eigenvalue weighted by Gasteiger charge is 2.44. The zero-order valence-electron chi connectivity index (χ0n) is 52.2. The summed E-state index contributed by atoms with van der Waals surface area (Å²) < 4.78 is 16.7. The molecule has 1 aliphatic rings. The molecule has 11 nitrogen and oxygen atoms in total. The summed E-state index contributed by atoms with van der Waals surface area (Å²) in [5.41, 5.74) is 0. The molecule has 1 aliphatic heterocycles. The van der Waals surface area contributed by atoms with Crippen LogP contribution in [0.2, 0.25) is 0 Å². The van der Waals surface area contributed by atoms with Gasteiger partial charge in [-0.25, -0.2) is 0 Å². The molecule has 81 heavy (non-hydrogen) atoms. The third-order valence-corrected chi connectivity index (χ3v) is 15.8. The number of nitrogens with one attached hydrogen (secondary N) is 1. The Bertz CT molecular complexity index is 1530. The highest BCUT2D eigenvalue weighted by molar-refractivity contribution is 5.76. The largest absolute Gasteiger partial charge is 0.466 e. The van der Waals surface area contributed by atoms with Crippen molar-refractivity contribution >= 4 is 11.9 Å². The summed E-state index contributed by atoms with van der Waals surface area (Å²) in [7, 11) is 0. The van der Waals surface area contributed by atoms with Crippen LogP contribution in [0.5, 0.6) is 0 Å². The third-order valence-electron chi connectivity index (χ3n) is 15.8. The van der Waals surface area contributed by atoms with E-state index in [0.29, 0.717) is 19.4 Å². The van der Waals surface area contributed by atoms with Crippen molar-refractivity contribution in [1.82, 2.24) is 5.32 Å². The van der Waals surface area contributed by atoms with Gasteiger partial charge in [-0.3, -0.25) is 9.59 Å². The number of hydrogen-bond acceptors (Lipinski definition) is 10. The molecule has 0 aromatic rings. The van der Waals surface area contributed by atoms with Crippen LogP contribution >= 0.6 is 0 Å². The Hall–Kier alpha value is -2.64. The summed E-state index contributed by atoms with van der Waals surface area (Å²) in [5.74, 6) is -0.199. The van der Waals surface area contributed by atoms with Crippen LogP contribution in [0.25, 0.3) is 0 Å². The van der Waals surface area contributed by atoms with E-state index in [4.69, 9.17) is 14.2 Å². The zero-order valence-corrected chi connectivity index (χ0v) is 52.2. The molecule has 0 aromatic carbocycles. The summed E-state index contributed by atoms with van der Waals surface area (Å²) in [4.78, 5) is 25.0. The number of aliphatic hydroxyl groups excluding tert-OH is 5. The van der Waals surface area contributed by atoms with Gasteiger partial charge < -0.3 is 45.1 Å². The molecule has 7 atom stereocenters. The molecule has 1 heterocycles. The summed E-state index contributed by atoms with van der Waals surface area (Å²) in [6.45, 7) is 4.27. The number of rotatable bonds is 59. The van der Waals surface area contributed by atoms with Crippen LogP contribution in [0.1, 0.15) is 309 Å². The van der Waals surface area contributed by atoms with Crippen LogP contribution in [-0.2, 0) is 23.8 Å². The zero-order chi connectivity index (χ0) is 58.7. The average Bonchev–Trinajstić information content (AvgIpc) is 3.48. The van der Waals surface area contributed by atoms with E-state index in [1.807, 2.05) is 6.08 Å². The molecular weight excluding hydrogens is 1010 g/mol. The molecule has 1 amide bonds. The first kappa shape index (κ1) is 76.4. The van der Waals surface area contributed by atoms with Crippen molar-refractivity contribution < 1.29 is 49.3 Å². The first-order valence-corrected chi connectivity index (χ1v) is 34.1. The number of hydrogen-bond donors (Lipinski definition) is 6. The van der Waals surface area contributed by atoms with E-state index in [9.17, 15) is 35.1 Å². The lowest BCUT2D eigenvalue weighted by Gasteiger charge is -2.40. The van der Waals surface area contributed by atoms with E-state index in [0.717, 1.165) is 64.2 Å². The molecule has 6 N–H and O–H groups in total. The predicted octanol–water partition coefficient (Wildman–Crippen LogP) is 17.0. The maximum Gasteiger partial charge on any atom is 0.305 e. The Morgan fingerprint density at radius 2 is 0.840 bits per heavy atom. The smallest absolute Gasteiger partial charge is 0.305 e. The molecule has 1 saturated heterocycles. The highest BCUT2D eigenvalue weighted by Crippen LogP contribution is 2.23. The van der Waals surface area contributed by atoms with Gasteiger partial charge in [0.25, 0.3) is 0 Å². The number of allylic oxidation sites excluding steroid dienone is 9. The summed E-state index contributed by atoms with van der Waals surface area (Å²) in [6, 6.07) is -0.826. The van der Waals surface area contributed by atoms with Gasteiger partial charge in [0.2, 0.25) is 5.91 Å². The van der Waals surface area contributed by atoms with E-state index < -0.39 is 49.5 Å². The standard InChI is InChI=1S/C70H127NO10/c1-3-5-7-9-11-13-14-34-38-42-46-50-54-58-66(75)79-59-55-51-47-43-39-36-33-31-29-27-25-23-21-19-17-15-16-18-20-22-24-26-28-30-32-35-37-41-45-49-53-57-65(74)71-62(63(73)56-52-48-44-40-12-10-8-6-4-2)61-80-70-69(78)68(77)67(76)64(60-72)81-70/h12-14,17,19,23,25,40,52,56,62-64,67-70,72-73,76-78H,3-11,15-16,18,20-22,24,26-39,41-51,53-55,57-61H2,1-2H3,(H,71,74)/b14-13-,19-17-,25-23-,40-12+,56-52+. The van der Waals surface area contributed by atoms with Crippen LogP contribution in [0, 0.1) is 0 Å². The van der Waals surface area contributed by atoms with Gasteiger partial charge in [0.1, 0.15) is 24.4 Å². The van der Waals surface area contributed by atoms with Crippen molar-refractivity contribution in [3.8, 4) is 0 Å². The van der Waals surface area contributed by atoms with Gasteiger partial charge in [0, 0.05) is 12.8 Å². The van der Waals surface area contributed by atoms with Crippen molar-refractivity contribution in [2.24, 2.45) is 0 Å². The van der Waals surface area contributed by atoms with Crippen molar-refractivity contribution in [2.45, 2.75) is 352 Å². The molecule has 7 unspecified atom stereocenters. The lowest BCUT2D eigenvalue weighted by molar-refractivity contribution is -0.302. The van der Waals surface area contributed by atoms with Gasteiger partial charge in [-0.05, 0) is 103 Å². The number of ether oxygens (including phenoxy) is 3. The summed E-state index contributed by atoms with van der Waals surface area (Å²) >= 11 is 0. The molecule has 0 aromatic heterocycles. The maximum absolute atomic E-state index is 13.0. The molecule has 472 valence electrons. The Balaban J connectivity index is 1.94. The Morgan fingerprint density at radius 1 is 0.457 bits per heavy atom. The van der Waals surface area contributed by atoms with Crippen LogP contribution in [0.15, 0.2) is 60.8 Å². The fraction of sp³-hybridized carbons (Fsp3) is 0.829. The van der Waals surface area contributed by atoms with Crippen LogP contribution in [-0.4, -0.2) is 100 Å². The molecule has 1 rings (SSSR count). The average molecular weight is 1140 g/mol. The molecule has 0 bridgehead atoms. The fourth-order valence-corrected chi connectivity index (χ4v) is 10.4. The number of carbonyl (C=O) groups excluding carboxylic acids is 2. The minimum Gasteiger partial charge on any atom is -0.466 e. The summed E-state index contributed by atoms with van der Waals surface area (Å²) in [6.07, 6.45) is 68.0. The van der Waals surface area contributed by atoms with Crippen LogP contribution in [0.4, 0.5) is 0 Å². The molecule has 0 aliphatic carbocycles. The molecule has 0 spiro atoms.